The molecule has 128 valence electrons. The average molecular weight is 365 g/mol. The predicted octanol–water partition coefficient (Wildman–Crippen LogP) is 5.72. The van der Waals surface area contributed by atoms with Gasteiger partial charge >= 0.3 is 0 Å². The van der Waals surface area contributed by atoms with E-state index in [0.29, 0.717) is 17.4 Å². The van der Waals surface area contributed by atoms with E-state index >= 15 is 0 Å². The van der Waals surface area contributed by atoms with Crippen LogP contribution in [0.3, 0.4) is 0 Å². The number of aryl methyl sites for hydroxylation is 2. The second-order valence-corrected chi connectivity index (χ2v) is 6.14. The molecule has 0 fully saturated rings. The summed E-state index contributed by atoms with van der Waals surface area (Å²) in [6.07, 6.45) is 2.94. The third-order valence-corrected chi connectivity index (χ3v) is 4.58. The number of aromatic nitrogens is 2. The zero-order valence-corrected chi connectivity index (χ0v) is 15.7. The van der Waals surface area contributed by atoms with Gasteiger partial charge in [-0.05, 0) is 44.0 Å². The molecule has 0 aliphatic rings. The average Bonchev–Trinajstić information content (AvgIpc) is 2.80. The second kappa shape index (κ2) is 7.91. The van der Waals surface area contributed by atoms with Crippen LogP contribution in [0.15, 0.2) is 36.5 Å². The summed E-state index contributed by atoms with van der Waals surface area (Å²) in [4.78, 5) is 4.56. The lowest BCUT2D eigenvalue weighted by Gasteiger charge is -2.11. The second-order valence-electron chi connectivity index (χ2n) is 5.73. The molecule has 0 unspecified atom stereocenters. The minimum Gasteiger partial charge on any atom is -0.486 e. The Morgan fingerprint density at radius 1 is 1.17 bits per heavy atom. The topological polar surface area (TPSA) is 27.1 Å². The van der Waals surface area contributed by atoms with Crippen molar-refractivity contribution in [3.8, 4) is 5.75 Å². The third kappa shape index (κ3) is 3.38. The first-order chi connectivity index (χ1) is 11.1. The normalized spacial score (nSPS) is 10.7. The first-order valence-electron chi connectivity index (χ1n) is 7.94. The minimum absolute atomic E-state index is 0. The summed E-state index contributed by atoms with van der Waals surface area (Å²) < 4.78 is 8.26. The summed E-state index contributed by atoms with van der Waals surface area (Å²) in [5.41, 5.74) is 4.74. The van der Waals surface area contributed by atoms with Crippen molar-refractivity contribution in [1.82, 2.24) is 9.55 Å². The molecule has 5 heteroatoms. The van der Waals surface area contributed by atoms with Crippen LogP contribution < -0.4 is 4.74 Å². The number of benzene rings is 1. The SMILES string of the molecule is CCCn1c(C)c(C)c2ccnc(COc3ccccc3Cl)c21.Cl. The summed E-state index contributed by atoms with van der Waals surface area (Å²) in [6, 6.07) is 9.61. The molecule has 3 rings (SSSR count). The first kappa shape index (κ1) is 18.6. The summed E-state index contributed by atoms with van der Waals surface area (Å²) in [5.74, 6) is 0.690. The molecule has 1 aromatic carbocycles. The highest BCUT2D eigenvalue weighted by molar-refractivity contribution is 6.32. The van der Waals surface area contributed by atoms with Crippen LogP contribution in [0.2, 0.25) is 5.02 Å². The van der Waals surface area contributed by atoms with Gasteiger partial charge in [0.2, 0.25) is 0 Å². The van der Waals surface area contributed by atoms with Gasteiger partial charge in [-0.1, -0.05) is 30.7 Å². The fourth-order valence-corrected chi connectivity index (χ4v) is 3.17. The van der Waals surface area contributed by atoms with Gasteiger partial charge in [0.15, 0.2) is 0 Å². The lowest BCUT2D eigenvalue weighted by atomic mass is 10.2. The number of nitrogens with zero attached hydrogens (tertiary/aromatic N) is 2. The van der Waals surface area contributed by atoms with Gasteiger partial charge in [0, 0.05) is 23.8 Å². The van der Waals surface area contributed by atoms with E-state index in [2.05, 4.69) is 36.4 Å². The molecule has 0 aliphatic heterocycles. The van der Waals surface area contributed by atoms with Crippen molar-refractivity contribution >= 4 is 34.9 Å². The van der Waals surface area contributed by atoms with Gasteiger partial charge < -0.3 is 9.30 Å². The van der Waals surface area contributed by atoms with Crippen LogP contribution >= 0.6 is 24.0 Å². The maximum atomic E-state index is 6.17. The first-order valence-corrected chi connectivity index (χ1v) is 8.32. The van der Waals surface area contributed by atoms with Gasteiger partial charge in [-0.2, -0.15) is 0 Å². The van der Waals surface area contributed by atoms with Crippen molar-refractivity contribution < 1.29 is 4.74 Å². The van der Waals surface area contributed by atoms with Crippen molar-refractivity contribution in [2.75, 3.05) is 0 Å². The number of hydrogen-bond acceptors (Lipinski definition) is 2. The third-order valence-electron chi connectivity index (χ3n) is 4.27. The molecule has 0 radical (unpaired) electrons. The predicted molar refractivity (Wildman–Crippen MR) is 103 cm³/mol. The quantitative estimate of drug-likeness (QED) is 0.578. The summed E-state index contributed by atoms with van der Waals surface area (Å²) >= 11 is 6.17. The van der Waals surface area contributed by atoms with E-state index in [1.165, 1.54) is 22.2 Å². The summed E-state index contributed by atoms with van der Waals surface area (Å²) in [7, 11) is 0. The van der Waals surface area contributed by atoms with Crippen LogP contribution in [0.25, 0.3) is 10.9 Å². The number of ether oxygens (including phenoxy) is 1. The molecular formula is C19H22Cl2N2O. The van der Waals surface area contributed by atoms with Gasteiger partial charge in [0.1, 0.15) is 18.1 Å². The Morgan fingerprint density at radius 2 is 1.92 bits per heavy atom. The Kier molecular flexibility index (Phi) is 6.14. The van der Waals surface area contributed by atoms with Crippen LogP contribution in [0.5, 0.6) is 5.75 Å². The summed E-state index contributed by atoms with van der Waals surface area (Å²) in [5, 5.41) is 1.87. The van der Waals surface area contributed by atoms with Gasteiger partial charge in [-0.25, -0.2) is 0 Å². The maximum Gasteiger partial charge on any atom is 0.138 e. The standard InChI is InChI=1S/C19H21ClN2O.ClH/c1-4-11-22-14(3)13(2)15-9-10-21-17(19(15)22)12-23-18-8-6-5-7-16(18)20;/h5-10H,4,11-12H2,1-3H3;1H. The Bertz CT molecular complexity index is 843. The number of rotatable bonds is 5. The number of para-hydroxylation sites is 1. The molecule has 0 bridgehead atoms. The van der Waals surface area contributed by atoms with Crippen molar-refractivity contribution in [3.05, 3.63) is 58.5 Å². The van der Waals surface area contributed by atoms with Crippen molar-refractivity contribution in [2.45, 2.75) is 40.3 Å². The molecular weight excluding hydrogens is 343 g/mol. The molecule has 2 heterocycles. The monoisotopic (exact) mass is 364 g/mol. The Morgan fingerprint density at radius 3 is 2.62 bits per heavy atom. The van der Waals surface area contributed by atoms with E-state index in [4.69, 9.17) is 16.3 Å². The number of hydrogen-bond donors (Lipinski definition) is 0. The van der Waals surface area contributed by atoms with E-state index in [1.54, 1.807) is 0 Å². The van der Waals surface area contributed by atoms with E-state index in [-0.39, 0.29) is 12.4 Å². The molecule has 2 aromatic heterocycles. The molecule has 0 N–H and O–H groups in total. The molecule has 3 aromatic rings. The van der Waals surface area contributed by atoms with Crippen molar-refractivity contribution in [2.24, 2.45) is 0 Å². The Hall–Kier alpha value is -1.71. The summed E-state index contributed by atoms with van der Waals surface area (Å²) in [6.45, 7) is 7.93. The molecule has 0 saturated carbocycles. The van der Waals surface area contributed by atoms with Gasteiger partial charge in [-0.3, -0.25) is 4.98 Å². The highest BCUT2D eigenvalue weighted by Crippen LogP contribution is 2.29. The van der Waals surface area contributed by atoms with Crippen LogP contribution in [-0.2, 0) is 13.2 Å². The fraction of sp³-hybridized carbons (Fsp3) is 0.316. The van der Waals surface area contributed by atoms with Gasteiger partial charge in [0.25, 0.3) is 0 Å². The maximum absolute atomic E-state index is 6.17. The Labute approximate surface area is 154 Å². The van der Waals surface area contributed by atoms with Crippen molar-refractivity contribution in [3.63, 3.8) is 0 Å². The van der Waals surface area contributed by atoms with Crippen LogP contribution in [0.1, 0.15) is 30.3 Å². The number of halogens is 2. The smallest absolute Gasteiger partial charge is 0.138 e. The molecule has 24 heavy (non-hydrogen) atoms. The Balaban J connectivity index is 0.00000208. The van der Waals surface area contributed by atoms with Crippen LogP contribution in [0.4, 0.5) is 0 Å². The molecule has 0 atom stereocenters. The van der Waals surface area contributed by atoms with Gasteiger partial charge in [-0.15, -0.1) is 12.4 Å². The highest BCUT2D eigenvalue weighted by Gasteiger charge is 2.15. The van der Waals surface area contributed by atoms with E-state index in [0.717, 1.165) is 18.7 Å². The lowest BCUT2D eigenvalue weighted by molar-refractivity contribution is 0.302. The largest absolute Gasteiger partial charge is 0.486 e. The highest BCUT2D eigenvalue weighted by atomic mass is 35.5. The zero-order valence-electron chi connectivity index (χ0n) is 14.2. The number of fused-ring (bicyclic) bond motifs is 1. The van der Waals surface area contributed by atoms with Crippen LogP contribution in [0, 0.1) is 13.8 Å². The van der Waals surface area contributed by atoms with Crippen molar-refractivity contribution in [1.29, 1.82) is 0 Å². The van der Waals surface area contributed by atoms with Crippen LogP contribution in [-0.4, -0.2) is 9.55 Å². The molecule has 0 saturated heterocycles. The zero-order chi connectivity index (χ0) is 16.4. The molecule has 0 spiro atoms. The van der Waals surface area contributed by atoms with Gasteiger partial charge in [0.05, 0.1) is 10.5 Å². The fourth-order valence-electron chi connectivity index (χ4n) is 2.98. The van der Waals surface area contributed by atoms with E-state index in [1.807, 2.05) is 30.5 Å². The molecule has 3 nitrogen and oxygen atoms in total. The minimum atomic E-state index is 0. The lowest BCUT2D eigenvalue weighted by Crippen LogP contribution is -2.05. The van der Waals surface area contributed by atoms with E-state index < -0.39 is 0 Å². The molecule has 0 aliphatic carbocycles. The number of pyridine rings is 1. The van der Waals surface area contributed by atoms with E-state index in [9.17, 15) is 0 Å². The molecule has 0 amide bonds.